The lowest BCUT2D eigenvalue weighted by Gasteiger charge is -2.42. The molecule has 2 fully saturated rings. The van der Waals surface area contributed by atoms with Crippen LogP contribution in [0.2, 0.25) is 0 Å². The Morgan fingerprint density at radius 3 is 2.39 bits per heavy atom. The van der Waals surface area contributed by atoms with Gasteiger partial charge in [-0.05, 0) is 79.8 Å². The zero-order chi connectivity index (χ0) is 24.0. The molecule has 0 radical (unpaired) electrons. The van der Waals surface area contributed by atoms with E-state index < -0.39 is 0 Å². The summed E-state index contributed by atoms with van der Waals surface area (Å²) in [6.45, 7) is 18.2. The minimum atomic E-state index is 0.128. The second-order valence-electron chi connectivity index (χ2n) is 9.96. The summed E-state index contributed by atoms with van der Waals surface area (Å²) < 4.78 is 5.75. The van der Waals surface area contributed by atoms with E-state index in [2.05, 4.69) is 74.1 Å². The normalized spacial score (nSPS) is 20.0. The third kappa shape index (κ3) is 5.68. The topological polar surface area (TPSA) is 50.3 Å². The number of anilines is 3. The van der Waals surface area contributed by atoms with Crippen molar-refractivity contribution < 1.29 is 4.74 Å². The van der Waals surface area contributed by atoms with Crippen molar-refractivity contribution in [3.8, 4) is 0 Å². The van der Waals surface area contributed by atoms with Crippen molar-refractivity contribution in [1.82, 2.24) is 9.97 Å². The molecule has 4 heterocycles. The van der Waals surface area contributed by atoms with E-state index in [1.807, 2.05) is 20.0 Å². The van der Waals surface area contributed by atoms with Crippen molar-refractivity contribution in [2.24, 2.45) is 5.92 Å². The van der Waals surface area contributed by atoms with Crippen molar-refractivity contribution in [1.29, 1.82) is 0 Å². The van der Waals surface area contributed by atoms with Crippen LogP contribution >= 0.6 is 0 Å². The molecule has 5 nitrogen and oxygen atoms in total. The predicted octanol–water partition coefficient (Wildman–Crippen LogP) is 7.06. The number of rotatable bonds is 6. The fraction of sp³-hybridized carbons (Fsp3) is 0.643. The quantitative estimate of drug-likeness (QED) is 0.508. The van der Waals surface area contributed by atoms with Crippen molar-refractivity contribution in [2.45, 2.75) is 91.5 Å². The second-order valence-corrected chi connectivity index (χ2v) is 9.96. The van der Waals surface area contributed by atoms with Gasteiger partial charge in [-0.2, -0.15) is 0 Å². The Kier molecular flexibility index (Phi) is 8.75. The van der Waals surface area contributed by atoms with E-state index in [4.69, 9.17) is 9.72 Å². The Bertz CT molecular complexity index is 889. The van der Waals surface area contributed by atoms with E-state index in [1.54, 1.807) is 0 Å². The van der Waals surface area contributed by atoms with Crippen LogP contribution in [0.3, 0.4) is 0 Å². The molecule has 0 saturated carbocycles. The Morgan fingerprint density at radius 1 is 1.06 bits per heavy atom. The first-order chi connectivity index (χ1) is 15.9. The minimum Gasteiger partial charge on any atom is -0.381 e. The molecule has 0 aliphatic carbocycles. The third-order valence-corrected chi connectivity index (χ3v) is 7.43. The summed E-state index contributed by atoms with van der Waals surface area (Å²) in [4.78, 5) is 12.1. The maximum Gasteiger partial charge on any atom is 0.134 e. The molecule has 2 aliphatic rings. The van der Waals surface area contributed by atoms with E-state index >= 15 is 0 Å². The van der Waals surface area contributed by atoms with Crippen molar-refractivity contribution >= 4 is 17.5 Å². The highest BCUT2D eigenvalue weighted by molar-refractivity contribution is 5.59. The largest absolute Gasteiger partial charge is 0.381 e. The van der Waals surface area contributed by atoms with Gasteiger partial charge in [-0.1, -0.05) is 41.5 Å². The first-order valence-electron chi connectivity index (χ1n) is 13.0. The molecule has 2 aromatic rings. The fourth-order valence-corrected chi connectivity index (χ4v) is 5.23. The van der Waals surface area contributed by atoms with Gasteiger partial charge < -0.3 is 15.0 Å². The first kappa shape index (κ1) is 25.5. The van der Waals surface area contributed by atoms with Gasteiger partial charge in [0.2, 0.25) is 0 Å². The van der Waals surface area contributed by atoms with Gasteiger partial charge in [0.25, 0.3) is 0 Å². The van der Waals surface area contributed by atoms with Crippen LogP contribution in [0, 0.1) is 5.92 Å². The van der Waals surface area contributed by atoms with Crippen LogP contribution in [0.15, 0.2) is 30.5 Å². The molecule has 0 spiro atoms. The lowest BCUT2D eigenvalue weighted by atomic mass is 9.67. The maximum absolute atomic E-state index is 5.75. The molecule has 2 saturated heterocycles. The standard InChI is InChI=1S/C26H38N4O.C2H6/c1-18(2)21-8-11-27-23(15-21)28-24-16-22(26(19(3)4)9-13-31-14-10-26)17-25(29-24)30-12-6-7-20(30)5;1-2/h8,11,15-20H,6-7,9-10,12-14H2,1-5H3,(H,27,28,29);1-2H3. The molecule has 1 unspecified atom stereocenters. The Hall–Kier alpha value is -2.14. The monoisotopic (exact) mass is 452 g/mol. The van der Waals surface area contributed by atoms with E-state index in [1.165, 1.54) is 24.0 Å². The summed E-state index contributed by atoms with van der Waals surface area (Å²) in [7, 11) is 0. The molecule has 1 atom stereocenters. The van der Waals surface area contributed by atoms with Crippen LogP contribution in [-0.2, 0) is 10.2 Å². The molecule has 2 aromatic heterocycles. The summed E-state index contributed by atoms with van der Waals surface area (Å²) in [5.41, 5.74) is 2.80. The summed E-state index contributed by atoms with van der Waals surface area (Å²) in [5.74, 6) is 3.86. The SMILES string of the molecule is CC.CC(C)c1ccnc(Nc2cc(C3(C(C)C)CCOCC3)cc(N3CCCC3C)n2)c1. The number of hydrogen-bond acceptors (Lipinski definition) is 5. The van der Waals surface area contributed by atoms with E-state index in [9.17, 15) is 0 Å². The summed E-state index contributed by atoms with van der Waals surface area (Å²) in [6.07, 6.45) is 6.47. The molecule has 0 amide bonds. The zero-order valence-electron chi connectivity index (χ0n) is 21.8. The molecule has 0 aromatic carbocycles. The number of nitrogens with one attached hydrogen (secondary N) is 1. The van der Waals surface area contributed by atoms with Crippen molar-refractivity contribution in [3.05, 3.63) is 41.6 Å². The molecular weight excluding hydrogens is 408 g/mol. The summed E-state index contributed by atoms with van der Waals surface area (Å²) in [6, 6.07) is 9.38. The average Bonchev–Trinajstić information content (AvgIpc) is 3.26. The van der Waals surface area contributed by atoms with Crippen LogP contribution in [0.5, 0.6) is 0 Å². The highest BCUT2D eigenvalue weighted by Crippen LogP contribution is 2.43. The van der Waals surface area contributed by atoms with Crippen LogP contribution in [0.4, 0.5) is 17.5 Å². The Balaban J connectivity index is 0.00000149. The molecule has 2 aliphatic heterocycles. The second kappa shape index (κ2) is 11.3. The summed E-state index contributed by atoms with van der Waals surface area (Å²) >= 11 is 0. The van der Waals surface area contributed by atoms with Gasteiger partial charge in [0.1, 0.15) is 17.5 Å². The first-order valence-corrected chi connectivity index (χ1v) is 13.0. The van der Waals surface area contributed by atoms with Gasteiger partial charge in [-0.25, -0.2) is 9.97 Å². The smallest absolute Gasteiger partial charge is 0.134 e. The van der Waals surface area contributed by atoms with Crippen molar-refractivity contribution in [2.75, 3.05) is 30.0 Å². The third-order valence-electron chi connectivity index (χ3n) is 7.43. The fourth-order valence-electron chi connectivity index (χ4n) is 5.23. The van der Waals surface area contributed by atoms with Crippen LogP contribution in [-0.4, -0.2) is 35.8 Å². The Morgan fingerprint density at radius 2 is 1.79 bits per heavy atom. The van der Waals surface area contributed by atoms with Crippen LogP contribution < -0.4 is 10.2 Å². The zero-order valence-corrected chi connectivity index (χ0v) is 21.8. The van der Waals surface area contributed by atoms with Gasteiger partial charge >= 0.3 is 0 Å². The Labute approximate surface area is 201 Å². The minimum absolute atomic E-state index is 0.128. The molecule has 33 heavy (non-hydrogen) atoms. The van der Waals surface area contributed by atoms with Gasteiger partial charge in [-0.3, -0.25) is 0 Å². The molecule has 1 N–H and O–H groups in total. The summed E-state index contributed by atoms with van der Waals surface area (Å²) in [5, 5.41) is 3.53. The van der Waals surface area contributed by atoms with Gasteiger partial charge in [-0.15, -0.1) is 0 Å². The number of ether oxygens (including phenoxy) is 1. The van der Waals surface area contributed by atoms with Gasteiger partial charge in [0.05, 0.1) is 0 Å². The van der Waals surface area contributed by atoms with E-state index in [-0.39, 0.29) is 5.41 Å². The number of nitrogens with zero attached hydrogens (tertiary/aromatic N) is 3. The highest BCUT2D eigenvalue weighted by atomic mass is 16.5. The van der Waals surface area contributed by atoms with Gasteiger partial charge in [0.15, 0.2) is 0 Å². The highest BCUT2D eigenvalue weighted by Gasteiger charge is 2.38. The lowest BCUT2D eigenvalue weighted by Crippen LogP contribution is -2.39. The molecule has 0 bridgehead atoms. The predicted molar refractivity (Wildman–Crippen MR) is 140 cm³/mol. The van der Waals surface area contributed by atoms with Crippen molar-refractivity contribution in [3.63, 3.8) is 0 Å². The molecular formula is C28H44N4O. The molecule has 5 heteroatoms. The lowest BCUT2D eigenvalue weighted by molar-refractivity contribution is 0.0321. The maximum atomic E-state index is 5.75. The van der Waals surface area contributed by atoms with E-state index in [0.717, 1.165) is 50.1 Å². The van der Waals surface area contributed by atoms with Crippen LogP contribution in [0.1, 0.15) is 91.2 Å². The molecule has 182 valence electrons. The van der Waals surface area contributed by atoms with Crippen LogP contribution in [0.25, 0.3) is 0 Å². The molecule has 4 rings (SSSR count). The van der Waals surface area contributed by atoms with E-state index in [0.29, 0.717) is 17.9 Å². The number of aromatic nitrogens is 2. The number of hydrogen-bond donors (Lipinski definition) is 1. The number of pyridine rings is 2. The average molecular weight is 453 g/mol. The van der Waals surface area contributed by atoms with Gasteiger partial charge in [0, 0.05) is 37.4 Å².